The third-order valence-electron chi connectivity index (χ3n) is 2.11. The highest BCUT2D eigenvalue weighted by atomic mass is 16.5. The Bertz CT molecular complexity index is 438. The molecule has 0 aromatic heterocycles. The van der Waals surface area contributed by atoms with Gasteiger partial charge in [-0.05, 0) is 24.3 Å². The second kappa shape index (κ2) is 4.53. The Morgan fingerprint density at radius 3 is 2.75 bits per heavy atom. The van der Waals surface area contributed by atoms with Gasteiger partial charge in [0.2, 0.25) is 0 Å². The maximum absolute atomic E-state index is 10.9. The minimum absolute atomic E-state index is 0.163. The molecule has 1 amide bonds. The van der Waals surface area contributed by atoms with Crippen molar-refractivity contribution in [2.75, 3.05) is 5.32 Å². The summed E-state index contributed by atoms with van der Waals surface area (Å²) in [6.07, 6.45) is 4.73. The minimum Gasteiger partial charge on any atom is -0.461 e. The molecule has 1 heterocycles. The number of rotatable bonds is 3. The summed E-state index contributed by atoms with van der Waals surface area (Å²) in [5, 5.41) is 3.11. The van der Waals surface area contributed by atoms with E-state index in [-0.39, 0.29) is 12.0 Å². The van der Waals surface area contributed by atoms with Crippen LogP contribution in [0.5, 0.6) is 0 Å². The molecule has 1 atom stereocenters. The molecular formula is C12H12N2O2. The summed E-state index contributed by atoms with van der Waals surface area (Å²) in [7, 11) is 0. The van der Waals surface area contributed by atoms with Crippen LogP contribution in [0.25, 0.3) is 0 Å². The number of para-hydroxylation sites is 1. The Morgan fingerprint density at radius 1 is 1.31 bits per heavy atom. The fourth-order valence-electron chi connectivity index (χ4n) is 1.38. The molecule has 4 heteroatoms. The molecule has 16 heavy (non-hydrogen) atoms. The molecule has 1 unspecified atom stereocenters. The summed E-state index contributed by atoms with van der Waals surface area (Å²) in [6, 6.07) is 9.59. The first kappa shape index (κ1) is 10.3. The summed E-state index contributed by atoms with van der Waals surface area (Å²) >= 11 is 0. The van der Waals surface area contributed by atoms with Crippen molar-refractivity contribution in [2.45, 2.75) is 6.23 Å². The van der Waals surface area contributed by atoms with E-state index in [4.69, 9.17) is 10.5 Å². The fourth-order valence-corrected chi connectivity index (χ4v) is 1.38. The SMILES string of the molecule is NC(=O)C1=CC=CC(Nc2ccccc2)O1. The number of hydrogen-bond acceptors (Lipinski definition) is 3. The van der Waals surface area contributed by atoms with E-state index >= 15 is 0 Å². The zero-order chi connectivity index (χ0) is 11.4. The normalized spacial score (nSPS) is 18.5. The van der Waals surface area contributed by atoms with Gasteiger partial charge in [-0.3, -0.25) is 4.79 Å². The molecule has 0 saturated carbocycles. The number of carbonyl (C=O) groups is 1. The van der Waals surface area contributed by atoms with Crippen LogP contribution in [0, 0.1) is 0 Å². The van der Waals surface area contributed by atoms with E-state index < -0.39 is 5.91 Å². The van der Waals surface area contributed by atoms with Crippen molar-refractivity contribution in [3.8, 4) is 0 Å². The number of anilines is 1. The van der Waals surface area contributed by atoms with Crippen LogP contribution in [-0.4, -0.2) is 12.1 Å². The maximum atomic E-state index is 10.9. The molecule has 1 aromatic rings. The van der Waals surface area contributed by atoms with Gasteiger partial charge in [-0.2, -0.15) is 0 Å². The van der Waals surface area contributed by atoms with Crippen molar-refractivity contribution in [2.24, 2.45) is 5.73 Å². The van der Waals surface area contributed by atoms with Gasteiger partial charge >= 0.3 is 0 Å². The van der Waals surface area contributed by atoms with Crippen molar-refractivity contribution in [1.29, 1.82) is 0 Å². The van der Waals surface area contributed by atoms with Crippen molar-refractivity contribution >= 4 is 11.6 Å². The molecule has 2 rings (SSSR count). The molecule has 1 aromatic carbocycles. The molecule has 1 aliphatic heterocycles. The van der Waals surface area contributed by atoms with Crippen molar-refractivity contribution in [3.63, 3.8) is 0 Å². The molecule has 3 N–H and O–H groups in total. The standard InChI is InChI=1S/C12H12N2O2/c13-12(15)10-7-4-8-11(16-10)14-9-5-2-1-3-6-9/h1-8,11,14H,(H2,13,15). The van der Waals surface area contributed by atoms with E-state index in [1.165, 1.54) is 0 Å². The first-order valence-electron chi connectivity index (χ1n) is 4.92. The molecule has 0 bridgehead atoms. The molecule has 82 valence electrons. The van der Waals surface area contributed by atoms with Gasteiger partial charge in [-0.1, -0.05) is 24.3 Å². The summed E-state index contributed by atoms with van der Waals surface area (Å²) < 4.78 is 5.34. The monoisotopic (exact) mass is 216 g/mol. The van der Waals surface area contributed by atoms with Crippen LogP contribution in [0.4, 0.5) is 5.69 Å². The van der Waals surface area contributed by atoms with E-state index in [9.17, 15) is 4.79 Å². The first-order chi connectivity index (χ1) is 7.75. The number of ether oxygens (including phenoxy) is 1. The van der Waals surface area contributed by atoms with Crippen LogP contribution in [0.1, 0.15) is 0 Å². The molecule has 0 saturated heterocycles. The number of nitrogens with two attached hydrogens (primary N) is 1. The summed E-state index contributed by atoms with van der Waals surface area (Å²) in [6.45, 7) is 0. The molecule has 0 spiro atoms. The fraction of sp³-hybridized carbons (Fsp3) is 0.0833. The lowest BCUT2D eigenvalue weighted by Gasteiger charge is -2.21. The topological polar surface area (TPSA) is 64.4 Å². The highest BCUT2D eigenvalue weighted by Crippen LogP contribution is 2.14. The van der Waals surface area contributed by atoms with E-state index in [1.54, 1.807) is 18.2 Å². The summed E-state index contributed by atoms with van der Waals surface area (Å²) in [5.74, 6) is -0.403. The van der Waals surface area contributed by atoms with Gasteiger partial charge in [0.1, 0.15) is 0 Å². The quantitative estimate of drug-likeness (QED) is 0.802. The Labute approximate surface area is 93.4 Å². The molecular weight excluding hydrogens is 204 g/mol. The lowest BCUT2D eigenvalue weighted by molar-refractivity contribution is -0.118. The number of benzene rings is 1. The smallest absolute Gasteiger partial charge is 0.283 e. The predicted octanol–water partition coefficient (Wildman–Crippen LogP) is 1.38. The Hall–Kier alpha value is -2.23. The Morgan fingerprint density at radius 2 is 2.06 bits per heavy atom. The van der Waals surface area contributed by atoms with Crippen LogP contribution in [0.3, 0.4) is 0 Å². The second-order valence-corrected chi connectivity index (χ2v) is 3.33. The summed E-state index contributed by atoms with van der Waals surface area (Å²) in [4.78, 5) is 10.9. The maximum Gasteiger partial charge on any atom is 0.283 e. The van der Waals surface area contributed by atoms with Gasteiger partial charge in [-0.15, -0.1) is 0 Å². The van der Waals surface area contributed by atoms with E-state index in [1.807, 2.05) is 30.3 Å². The van der Waals surface area contributed by atoms with Crippen LogP contribution in [-0.2, 0) is 9.53 Å². The Balaban J connectivity index is 2.02. The van der Waals surface area contributed by atoms with Crippen LogP contribution < -0.4 is 11.1 Å². The third kappa shape index (κ3) is 2.42. The molecule has 0 radical (unpaired) electrons. The molecule has 4 nitrogen and oxygen atoms in total. The highest BCUT2D eigenvalue weighted by molar-refractivity contribution is 5.90. The minimum atomic E-state index is -0.566. The third-order valence-corrected chi connectivity index (χ3v) is 2.11. The number of primary amides is 1. The predicted molar refractivity (Wildman–Crippen MR) is 61.4 cm³/mol. The lowest BCUT2D eigenvalue weighted by Crippen LogP contribution is -2.27. The van der Waals surface area contributed by atoms with E-state index in [2.05, 4.69) is 5.32 Å². The van der Waals surface area contributed by atoms with Gasteiger partial charge in [0.05, 0.1) is 0 Å². The number of nitrogens with one attached hydrogen (secondary N) is 1. The first-order valence-corrected chi connectivity index (χ1v) is 4.92. The number of amides is 1. The lowest BCUT2D eigenvalue weighted by atomic mass is 10.3. The van der Waals surface area contributed by atoms with Gasteiger partial charge < -0.3 is 15.8 Å². The largest absolute Gasteiger partial charge is 0.461 e. The van der Waals surface area contributed by atoms with E-state index in [0.29, 0.717) is 0 Å². The van der Waals surface area contributed by atoms with Crippen LogP contribution in [0.2, 0.25) is 0 Å². The average Bonchev–Trinajstić information content (AvgIpc) is 2.30. The van der Waals surface area contributed by atoms with Crippen LogP contribution >= 0.6 is 0 Å². The van der Waals surface area contributed by atoms with Gasteiger partial charge in [0, 0.05) is 5.69 Å². The molecule has 0 aliphatic carbocycles. The number of hydrogen-bond donors (Lipinski definition) is 2. The highest BCUT2D eigenvalue weighted by Gasteiger charge is 2.15. The van der Waals surface area contributed by atoms with Gasteiger partial charge in [0.25, 0.3) is 5.91 Å². The number of allylic oxidation sites excluding steroid dienone is 2. The van der Waals surface area contributed by atoms with E-state index in [0.717, 1.165) is 5.69 Å². The van der Waals surface area contributed by atoms with Gasteiger partial charge in [0.15, 0.2) is 12.0 Å². The van der Waals surface area contributed by atoms with Gasteiger partial charge in [-0.25, -0.2) is 0 Å². The zero-order valence-corrected chi connectivity index (χ0v) is 8.59. The Kier molecular flexibility index (Phi) is 2.91. The van der Waals surface area contributed by atoms with Crippen molar-refractivity contribution in [3.05, 3.63) is 54.3 Å². The molecule has 1 aliphatic rings. The van der Waals surface area contributed by atoms with Crippen molar-refractivity contribution < 1.29 is 9.53 Å². The molecule has 0 fully saturated rings. The second-order valence-electron chi connectivity index (χ2n) is 3.33. The van der Waals surface area contributed by atoms with Crippen LogP contribution in [0.15, 0.2) is 54.3 Å². The number of carbonyl (C=O) groups excluding carboxylic acids is 1. The van der Waals surface area contributed by atoms with Crippen molar-refractivity contribution in [1.82, 2.24) is 0 Å². The average molecular weight is 216 g/mol. The zero-order valence-electron chi connectivity index (χ0n) is 8.59. The summed E-state index contributed by atoms with van der Waals surface area (Å²) in [5.41, 5.74) is 6.05.